The molecule has 3 rings (SSSR count). The van der Waals surface area contributed by atoms with Crippen LogP contribution in [0.3, 0.4) is 0 Å². The van der Waals surface area contributed by atoms with Crippen molar-refractivity contribution in [2.45, 2.75) is 38.4 Å². The fourth-order valence-electron chi connectivity index (χ4n) is 2.78. The Morgan fingerprint density at radius 2 is 2.04 bits per heavy atom. The van der Waals surface area contributed by atoms with Crippen LogP contribution in [0.2, 0.25) is 0 Å². The maximum Gasteiger partial charge on any atom is 0.238 e. The Balaban J connectivity index is 1.45. The van der Waals surface area contributed by atoms with Gasteiger partial charge in [-0.25, -0.2) is 0 Å². The van der Waals surface area contributed by atoms with Crippen molar-refractivity contribution >= 4 is 35.1 Å². The second-order valence-corrected chi connectivity index (χ2v) is 7.48. The highest BCUT2D eigenvalue weighted by molar-refractivity contribution is 8.01. The number of aromatic nitrogens is 1. The predicted octanol–water partition coefficient (Wildman–Crippen LogP) is 3.17. The molecule has 2 aromatic rings. The normalized spacial score (nSPS) is 14.0. The number of carbonyl (C=O) groups excluding carboxylic acids is 2. The lowest BCUT2D eigenvalue weighted by Crippen LogP contribution is -2.25. The third kappa shape index (κ3) is 4.63. The van der Waals surface area contributed by atoms with Gasteiger partial charge in [0.05, 0.1) is 11.0 Å². The van der Waals surface area contributed by atoms with E-state index in [9.17, 15) is 9.59 Å². The van der Waals surface area contributed by atoms with E-state index in [0.29, 0.717) is 11.6 Å². The molecule has 1 atom stereocenters. The first kappa shape index (κ1) is 17.5. The number of rotatable bonds is 6. The molecule has 0 saturated heterocycles. The predicted molar refractivity (Wildman–Crippen MR) is 98.9 cm³/mol. The molecule has 1 aliphatic carbocycles. The molecule has 1 aromatic heterocycles. The summed E-state index contributed by atoms with van der Waals surface area (Å²) >= 11 is 1.28. The monoisotopic (exact) mass is 359 g/mol. The number of benzene rings is 1. The number of nitrogens with zero attached hydrogens (tertiary/aromatic N) is 1. The van der Waals surface area contributed by atoms with Crippen LogP contribution in [0, 0.1) is 6.92 Å². The van der Waals surface area contributed by atoms with E-state index in [1.54, 1.807) is 19.9 Å². The maximum atomic E-state index is 12.1. The molecule has 1 unspecified atom stereocenters. The zero-order valence-corrected chi connectivity index (χ0v) is 15.1. The molecule has 132 valence electrons. The van der Waals surface area contributed by atoms with E-state index < -0.39 is 0 Å². The summed E-state index contributed by atoms with van der Waals surface area (Å²) in [5.41, 5.74) is 3.52. The van der Waals surface area contributed by atoms with Gasteiger partial charge in [0.15, 0.2) is 5.82 Å². The molecule has 0 radical (unpaired) electrons. The highest BCUT2D eigenvalue weighted by atomic mass is 32.2. The Morgan fingerprint density at radius 1 is 1.24 bits per heavy atom. The average molecular weight is 359 g/mol. The summed E-state index contributed by atoms with van der Waals surface area (Å²) in [5, 5.41) is 8.92. The number of hydrogen-bond acceptors (Lipinski definition) is 5. The van der Waals surface area contributed by atoms with Crippen LogP contribution < -0.4 is 10.6 Å². The second kappa shape index (κ2) is 7.74. The fourth-order valence-corrected chi connectivity index (χ4v) is 3.46. The largest absolute Gasteiger partial charge is 0.360 e. The number of aryl methyl sites for hydroxylation is 3. The van der Waals surface area contributed by atoms with Crippen LogP contribution >= 0.6 is 11.8 Å². The number of amides is 2. The maximum absolute atomic E-state index is 12.1. The van der Waals surface area contributed by atoms with Gasteiger partial charge in [0, 0.05) is 11.8 Å². The van der Waals surface area contributed by atoms with E-state index in [1.165, 1.54) is 29.3 Å². The van der Waals surface area contributed by atoms with Crippen LogP contribution in [0.1, 0.15) is 30.2 Å². The minimum absolute atomic E-state index is 0.111. The highest BCUT2D eigenvalue weighted by Gasteiger charge is 2.17. The van der Waals surface area contributed by atoms with Crippen LogP contribution in [0.5, 0.6) is 0 Å². The van der Waals surface area contributed by atoms with Gasteiger partial charge in [0.1, 0.15) is 5.76 Å². The molecule has 1 heterocycles. The van der Waals surface area contributed by atoms with Crippen molar-refractivity contribution in [1.82, 2.24) is 5.16 Å². The summed E-state index contributed by atoms with van der Waals surface area (Å²) in [6.45, 7) is 3.51. The van der Waals surface area contributed by atoms with Crippen LogP contribution in [0.15, 0.2) is 28.8 Å². The smallest absolute Gasteiger partial charge is 0.238 e. The number of nitrogens with one attached hydrogen (secondary N) is 2. The molecule has 1 aliphatic rings. The second-order valence-electron chi connectivity index (χ2n) is 6.15. The van der Waals surface area contributed by atoms with E-state index >= 15 is 0 Å². The Labute approximate surface area is 150 Å². The van der Waals surface area contributed by atoms with Gasteiger partial charge in [-0.15, -0.1) is 11.8 Å². The Morgan fingerprint density at radius 3 is 2.80 bits per heavy atom. The summed E-state index contributed by atoms with van der Waals surface area (Å²) in [4.78, 5) is 24.2. The van der Waals surface area contributed by atoms with Crippen LogP contribution in [-0.4, -0.2) is 28.0 Å². The minimum atomic E-state index is -0.372. The number of thioether (sulfide) groups is 1. The quantitative estimate of drug-likeness (QED) is 0.827. The van der Waals surface area contributed by atoms with E-state index in [-0.39, 0.29) is 22.8 Å². The fraction of sp³-hybridized carbons (Fsp3) is 0.389. The van der Waals surface area contributed by atoms with Crippen molar-refractivity contribution in [3.8, 4) is 0 Å². The topological polar surface area (TPSA) is 84.2 Å². The first-order chi connectivity index (χ1) is 12.0. The first-order valence-corrected chi connectivity index (χ1v) is 9.33. The van der Waals surface area contributed by atoms with Crippen molar-refractivity contribution in [2.75, 3.05) is 16.4 Å². The van der Waals surface area contributed by atoms with Crippen molar-refractivity contribution in [1.29, 1.82) is 0 Å². The molecular weight excluding hydrogens is 338 g/mol. The molecule has 0 fully saturated rings. The van der Waals surface area contributed by atoms with E-state index in [2.05, 4.69) is 21.9 Å². The third-order valence-corrected chi connectivity index (χ3v) is 5.24. The van der Waals surface area contributed by atoms with Crippen molar-refractivity contribution in [3.05, 3.63) is 41.2 Å². The van der Waals surface area contributed by atoms with E-state index in [0.717, 1.165) is 18.5 Å². The zero-order chi connectivity index (χ0) is 17.8. The third-order valence-electron chi connectivity index (χ3n) is 4.10. The Bertz CT molecular complexity index is 788. The lowest BCUT2D eigenvalue weighted by Gasteiger charge is -2.11. The van der Waals surface area contributed by atoms with Crippen LogP contribution in [-0.2, 0) is 22.4 Å². The Hall–Kier alpha value is -2.28. The van der Waals surface area contributed by atoms with Gasteiger partial charge in [0.2, 0.25) is 11.8 Å². The standard InChI is InChI=1S/C18H21N3O3S/c1-11-8-16(21-24-11)20-18(23)12(2)25-10-17(22)19-15-7-6-13-4-3-5-14(13)9-15/h6-9,12H,3-5,10H2,1-2H3,(H,19,22)(H,20,21,23). The number of hydrogen-bond donors (Lipinski definition) is 2. The summed E-state index contributed by atoms with van der Waals surface area (Å²) < 4.78 is 4.91. The molecule has 0 bridgehead atoms. The van der Waals surface area contributed by atoms with Gasteiger partial charge in [-0.3, -0.25) is 9.59 Å². The van der Waals surface area contributed by atoms with Gasteiger partial charge < -0.3 is 15.2 Å². The molecule has 25 heavy (non-hydrogen) atoms. The van der Waals surface area contributed by atoms with Crippen LogP contribution in [0.4, 0.5) is 11.5 Å². The van der Waals surface area contributed by atoms with Gasteiger partial charge >= 0.3 is 0 Å². The summed E-state index contributed by atoms with van der Waals surface area (Å²) in [6, 6.07) is 7.72. The lowest BCUT2D eigenvalue weighted by atomic mass is 10.1. The van der Waals surface area contributed by atoms with Gasteiger partial charge in [-0.05, 0) is 56.4 Å². The van der Waals surface area contributed by atoms with Crippen molar-refractivity contribution in [2.24, 2.45) is 0 Å². The number of carbonyl (C=O) groups is 2. The molecule has 6 nitrogen and oxygen atoms in total. The van der Waals surface area contributed by atoms with Gasteiger partial charge in [-0.2, -0.15) is 0 Å². The summed E-state index contributed by atoms with van der Waals surface area (Å²) in [7, 11) is 0. The average Bonchev–Trinajstić information content (AvgIpc) is 3.20. The molecule has 2 amide bonds. The molecule has 2 N–H and O–H groups in total. The van der Waals surface area contributed by atoms with E-state index in [1.807, 2.05) is 12.1 Å². The van der Waals surface area contributed by atoms with Gasteiger partial charge in [0.25, 0.3) is 0 Å². The zero-order valence-electron chi connectivity index (χ0n) is 14.3. The van der Waals surface area contributed by atoms with Crippen molar-refractivity contribution < 1.29 is 14.1 Å². The number of anilines is 2. The first-order valence-electron chi connectivity index (χ1n) is 8.29. The van der Waals surface area contributed by atoms with Crippen LogP contribution in [0.25, 0.3) is 0 Å². The molecule has 7 heteroatoms. The molecule has 1 aromatic carbocycles. The van der Waals surface area contributed by atoms with E-state index in [4.69, 9.17) is 4.52 Å². The highest BCUT2D eigenvalue weighted by Crippen LogP contribution is 2.25. The number of fused-ring (bicyclic) bond motifs is 1. The van der Waals surface area contributed by atoms with Crippen molar-refractivity contribution in [3.63, 3.8) is 0 Å². The molecule has 0 aliphatic heterocycles. The molecule has 0 spiro atoms. The Kier molecular flexibility index (Phi) is 5.43. The minimum Gasteiger partial charge on any atom is -0.360 e. The molecular formula is C18H21N3O3S. The molecule has 0 saturated carbocycles. The SMILES string of the molecule is Cc1cc(NC(=O)C(C)SCC(=O)Nc2ccc3c(c2)CCC3)no1. The lowest BCUT2D eigenvalue weighted by molar-refractivity contribution is -0.115. The summed E-state index contributed by atoms with van der Waals surface area (Å²) in [5.74, 6) is 0.911. The van der Waals surface area contributed by atoms with Gasteiger partial charge in [-0.1, -0.05) is 11.2 Å². The summed E-state index contributed by atoms with van der Waals surface area (Å²) in [6.07, 6.45) is 3.38.